The van der Waals surface area contributed by atoms with Crippen LogP contribution in [0.2, 0.25) is 0 Å². The van der Waals surface area contributed by atoms with Crippen molar-refractivity contribution in [1.29, 1.82) is 0 Å². The second kappa shape index (κ2) is 5.18. The molecule has 2 bridgehead atoms. The molecule has 4 atom stereocenters. The van der Waals surface area contributed by atoms with E-state index in [-0.39, 0.29) is 24.1 Å². The van der Waals surface area contributed by atoms with Gasteiger partial charge in [-0.1, -0.05) is 24.3 Å². The first-order chi connectivity index (χ1) is 11.4. The van der Waals surface area contributed by atoms with Crippen molar-refractivity contribution in [2.45, 2.75) is 38.6 Å². The molecule has 3 aliphatic rings. The SMILES string of the molecule is Cc1cccc(N2C[C@@]34C=C[C@@H](O3)[C@H](C(=O)OC(C)C)[C@H]4C2=O)c1. The monoisotopic (exact) mass is 327 g/mol. The van der Waals surface area contributed by atoms with Crippen molar-refractivity contribution < 1.29 is 19.1 Å². The summed E-state index contributed by atoms with van der Waals surface area (Å²) in [5, 5.41) is 0. The third-order valence-corrected chi connectivity index (χ3v) is 5.04. The summed E-state index contributed by atoms with van der Waals surface area (Å²) >= 11 is 0. The van der Waals surface area contributed by atoms with Gasteiger partial charge in [-0.05, 0) is 38.5 Å². The fourth-order valence-electron chi connectivity index (χ4n) is 4.09. The molecule has 0 N–H and O–H groups in total. The molecule has 3 heterocycles. The highest BCUT2D eigenvalue weighted by molar-refractivity contribution is 6.02. The Hall–Kier alpha value is -2.14. The number of amides is 1. The van der Waals surface area contributed by atoms with Gasteiger partial charge in [-0.2, -0.15) is 0 Å². The summed E-state index contributed by atoms with van der Waals surface area (Å²) in [6, 6.07) is 7.82. The number of nitrogens with zero attached hydrogens (tertiary/aromatic N) is 1. The van der Waals surface area contributed by atoms with Crippen LogP contribution in [0.25, 0.3) is 0 Å². The van der Waals surface area contributed by atoms with Crippen LogP contribution in [0.5, 0.6) is 0 Å². The van der Waals surface area contributed by atoms with Gasteiger partial charge in [-0.3, -0.25) is 9.59 Å². The second-order valence-electron chi connectivity index (χ2n) is 7.15. The Kier molecular flexibility index (Phi) is 3.32. The fraction of sp³-hybridized carbons (Fsp3) is 0.474. The smallest absolute Gasteiger partial charge is 0.313 e. The molecule has 1 aromatic carbocycles. The lowest BCUT2D eigenvalue weighted by atomic mass is 9.77. The molecule has 0 saturated carbocycles. The molecule has 0 unspecified atom stereocenters. The number of carbonyl (C=O) groups excluding carboxylic acids is 2. The average molecular weight is 327 g/mol. The molecule has 1 aromatic rings. The van der Waals surface area contributed by atoms with Gasteiger partial charge in [0.1, 0.15) is 11.5 Å². The first kappa shape index (κ1) is 15.4. The summed E-state index contributed by atoms with van der Waals surface area (Å²) in [5.74, 6) is -1.46. The van der Waals surface area contributed by atoms with Crippen molar-refractivity contribution in [2.24, 2.45) is 11.8 Å². The molecule has 5 heteroatoms. The number of fused-ring (bicyclic) bond motifs is 1. The number of hydrogen-bond acceptors (Lipinski definition) is 4. The minimum Gasteiger partial charge on any atom is -0.463 e. The number of rotatable bonds is 3. The van der Waals surface area contributed by atoms with E-state index in [0.717, 1.165) is 11.3 Å². The molecule has 1 amide bonds. The number of hydrogen-bond donors (Lipinski definition) is 0. The first-order valence-corrected chi connectivity index (χ1v) is 8.37. The Morgan fingerprint density at radius 3 is 2.92 bits per heavy atom. The number of aryl methyl sites for hydroxylation is 1. The van der Waals surface area contributed by atoms with Crippen molar-refractivity contribution >= 4 is 17.6 Å². The van der Waals surface area contributed by atoms with E-state index in [1.807, 2.05) is 57.2 Å². The largest absolute Gasteiger partial charge is 0.463 e. The lowest BCUT2D eigenvalue weighted by Crippen LogP contribution is -2.40. The van der Waals surface area contributed by atoms with Crippen LogP contribution < -0.4 is 4.90 Å². The van der Waals surface area contributed by atoms with Gasteiger partial charge >= 0.3 is 5.97 Å². The van der Waals surface area contributed by atoms with Crippen molar-refractivity contribution in [3.05, 3.63) is 42.0 Å². The van der Waals surface area contributed by atoms with Gasteiger partial charge in [0.15, 0.2) is 0 Å². The summed E-state index contributed by atoms with van der Waals surface area (Å²) in [5.41, 5.74) is 1.23. The normalized spacial score (nSPS) is 33.4. The maximum Gasteiger partial charge on any atom is 0.313 e. The average Bonchev–Trinajstić information content (AvgIpc) is 3.15. The number of ether oxygens (including phenoxy) is 2. The zero-order valence-electron chi connectivity index (χ0n) is 14.1. The van der Waals surface area contributed by atoms with Crippen molar-refractivity contribution in [1.82, 2.24) is 0 Å². The van der Waals surface area contributed by atoms with Crippen LogP contribution in [0.1, 0.15) is 19.4 Å². The van der Waals surface area contributed by atoms with Crippen LogP contribution >= 0.6 is 0 Å². The molecule has 4 rings (SSSR count). The first-order valence-electron chi connectivity index (χ1n) is 8.37. The molecule has 126 valence electrons. The van der Waals surface area contributed by atoms with Crippen LogP contribution in [0, 0.1) is 18.8 Å². The summed E-state index contributed by atoms with van der Waals surface area (Å²) in [6.07, 6.45) is 3.29. The Morgan fingerprint density at radius 2 is 2.21 bits per heavy atom. The summed E-state index contributed by atoms with van der Waals surface area (Å²) < 4.78 is 11.5. The van der Waals surface area contributed by atoms with E-state index in [0.29, 0.717) is 6.54 Å². The highest BCUT2D eigenvalue weighted by Crippen LogP contribution is 2.52. The molecule has 0 aromatic heterocycles. The highest BCUT2D eigenvalue weighted by Gasteiger charge is 2.67. The van der Waals surface area contributed by atoms with Gasteiger partial charge in [0, 0.05) is 5.69 Å². The van der Waals surface area contributed by atoms with Crippen LogP contribution in [0.4, 0.5) is 5.69 Å². The third-order valence-electron chi connectivity index (χ3n) is 5.04. The molecular weight excluding hydrogens is 306 g/mol. The van der Waals surface area contributed by atoms with Gasteiger partial charge in [0.05, 0.1) is 24.7 Å². The predicted molar refractivity (Wildman–Crippen MR) is 88.5 cm³/mol. The Labute approximate surface area is 141 Å². The minimum absolute atomic E-state index is 0.0573. The van der Waals surface area contributed by atoms with E-state index in [9.17, 15) is 9.59 Å². The highest BCUT2D eigenvalue weighted by atomic mass is 16.6. The summed E-state index contributed by atoms with van der Waals surface area (Å²) in [4.78, 5) is 27.3. The molecule has 0 radical (unpaired) electrons. The molecule has 2 saturated heterocycles. The van der Waals surface area contributed by atoms with E-state index in [1.165, 1.54) is 0 Å². The van der Waals surface area contributed by atoms with Gasteiger partial charge in [-0.25, -0.2) is 0 Å². The molecule has 2 fully saturated rings. The second-order valence-corrected chi connectivity index (χ2v) is 7.15. The predicted octanol–water partition coefficient (Wildman–Crippen LogP) is 2.23. The van der Waals surface area contributed by atoms with E-state index >= 15 is 0 Å². The fourth-order valence-corrected chi connectivity index (χ4v) is 4.09. The zero-order valence-corrected chi connectivity index (χ0v) is 14.1. The lowest BCUT2D eigenvalue weighted by Gasteiger charge is -2.23. The van der Waals surface area contributed by atoms with Crippen molar-refractivity contribution in [3.63, 3.8) is 0 Å². The lowest BCUT2D eigenvalue weighted by molar-refractivity contribution is -0.156. The van der Waals surface area contributed by atoms with Crippen LogP contribution in [-0.2, 0) is 19.1 Å². The van der Waals surface area contributed by atoms with Gasteiger partial charge < -0.3 is 14.4 Å². The number of benzene rings is 1. The van der Waals surface area contributed by atoms with Crippen molar-refractivity contribution in [3.8, 4) is 0 Å². The third kappa shape index (κ3) is 2.11. The molecule has 3 aliphatic heterocycles. The van der Waals surface area contributed by atoms with E-state index in [2.05, 4.69) is 0 Å². The molecule has 24 heavy (non-hydrogen) atoms. The zero-order chi connectivity index (χ0) is 17.1. The number of esters is 1. The molecular formula is C19H21NO4. The van der Waals surface area contributed by atoms with Crippen molar-refractivity contribution in [2.75, 3.05) is 11.4 Å². The Bertz CT molecular complexity index is 741. The quantitative estimate of drug-likeness (QED) is 0.631. The van der Waals surface area contributed by atoms with E-state index in [4.69, 9.17) is 9.47 Å². The topological polar surface area (TPSA) is 55.8 Å². The van der Waals surface area contributed by atoms with Gasteiger partial charge in [-0.15, -0.1) is 0 Å². The van der Waals surface area contributed by atoms with Crippen LogP contribution in [0.3, 0.4) is 0 Å². The van der Waals surface area contributed by atoms with Gasteiger partial charge in [0.25, 0.3) is 0 Å². The Balaban J connectivity index is 1.68. The molecule has 0 aliphatic carbocycles. The molecule has 1 spiro atoms. The maximum absolute atomic E-state index is 13.1. The number of carbonyl (C=O) groups is 2. The summed E-state index contributed by atoms with van der Waals surface area (Å²) in [6.45, 7) is 6.06. The van der Waals surface area contributed by atoms with E-state index < -0.39 is 17.4 Å². The minimum atomic E-state index is -0.702. The standard InChI is InChI=1S/C19H21NO4/c1-11(2)23-18(22)15-14-7-8-19(24-14)10-20(17(21)16(15)19)13-6-4-5-12(3)9-13/h4-9,11,14-16H,10H2,1-3H3/t14-,15+,16+,19-/m1/s1. The number of anilines is 1. The maximum atomic E-state index is 13.1. The van der Waals surface area contributed by atoms with Gasteiger partial charge in [0.2, 0.25) is 5.91 Å². The Morgan fingerprint density at radius 1 is 1.42 bits per heavy atom. The van der Waals surface area contributed by atoms with E-state index in [1.54, 1.807) is 4.90 Å². The summed E-state index contributed by atoms with van der Waals surface area (Å²) in [7, 11) is 0. The molecule has 5 nitrogen and oxygen atoms in total. The van der Waals surface area contributed by atoms with Crippen LogP contribution in [-0.4, -0.2) is 36.2 Å². The van der Waals surface area contributed by atoms with Crippen LogP contribution in [0.15, 0.2) is 36.4 Å².